The van der Waals surface area contributed by atoms with Crippen molar-refractivity contribution < 1.29 is 22.3 Å². The number of aromatic nitrogens is 4. The molecule has 6 nitrogen and oxygen atoms in total. The third-order valence-electron chi connectivity index (χ3n) is 3.67. The Morgan fingerprint density at radius 1 is 1.04 bits per heavy atom. The number of hydrogen-bond acceptors (Lipinski definition) is 5. The van der Waals surface area contributed by atoms with Crippen LogP contribution < -0.4 is 4.74 Å². The van der Waals surface area contributed by atoms with Gasteiger partial charge in [0, 0.05) is 0 Å². The Bertz CT molecular complexity index is 1020. The average molecular weight is 360 g/mol. The summed E-state index contributed by atoms with van der Waals surface area (Å²) in [6.07, 6.45) is -0.142. The smallest absolute Gasteiger partial charge is 0.463 e. The number of fused-ring (bicyclic) bond motifs is 1. The third-order valence-corrected chi connectivity index (χ3v) is 3.67. The molecule has 3 heterocycles. The molecule has 0 aliphatic carbocycles. The van der Waals surface area contributed by atoms with Gasteiger partial charge in [0.25, 0.3) is 0 Å². The van der Waals surface area contributed by atoms with Crippen molar-refractivity contribution in [3.63, 3.8) is 0 Å². The predicted octanol–water partition coefficient (Wildman–Crippen LogP) is 4.03. The molecule has 132 valence electrons. The molecule has 4 rings (SSSR count). The summed E-state index contributed by atoms with van der Waals surface area (Å²) in [6.45, 7) is 0.386. The van der Waals surface area contributed by atoms with E-state index >= 15 is 0 Å². The minimum absolute atomic E-state index is 0.265. The highest BCUT2D eigenvalue weighted by Gasteiger charge is 2.30. The van der Waals surface area contributed by atoms with Gasteiger partial charge in [-0.25, -0.2) is 15.0 Å². The molecule has 0 fully saturated rings. The lowest BCUT2D eigenvalue weighted by Gasteiger charge is -2.09. The number of benzene rings is 1. The van der Waals surface area contributed by atoms with Crippen molar-refractivity contribution in [3.8, 4) is 17.2 Å². The number of hydrogen-bond donors (Lipinski definition) is 0. The second kappa shape index (κ2) is 6.17. The van der Waals surface area contributed by atoms with Crippen molar-refractivity contribution >= 4 is 11.2 Å². The van der Waals surface area contributed by atoms with Crippen LogP contribution in [0.25, 0.3) is 22.6 Å². The maximum absolute atomic E-state index is 12.2. The number of halogens is 3. The molecule has 0 aliphatic rings. The molecule has 0 saturated carbocycles. The molecule has 1 aromatic carbocycles. The van der Waals surface area contributed by atoms with Gasteiger partial charge < -0.3 is 13.7 Å². The first kappa shape index (κ1) is 16.1. The van der Waals surface area contributed by atoms with Crippen LogP contribution in [0.15, 0.2) is 59.7 Å². The molecule has 26 heavy (non-hydrogen) atoms. The monoisotopic (exact) mass is 360 g/mol. The Morgan fingerprint density at radius 3 is 2.54 bits per heavy atom. The van der Waals surface area contributed by atoms with E-state index in [9.17, 15) is 13.2 Å². The molecule has 0 atom stereocenters. The maximum Gasteiger partial charge on any atom is 0.573 e. The van der Waals surface area contributed by atoms with Gasteiger partial charge in [-0.2, -0.15) is 0 Å². The summed E-state index contributed by atoms with van der Waals surface area (Å²) in [5, 5.41) is 0. The molecule has 0 saturated heterocycles. The van der Waals surface area contributed by atoms with Crippen LogP contribution in [0.5, 0.6) is 5.75 Å². The number of furan rings is 1. The van der Waals surface area contributed by atoms with Crippen LogP contribution in [0.1, 0.15) is 5.56 Å². The zero-order chi connectivity index (χ0) is 18.1. The van der Waals surface area contributed by atoms with Gasteiger partial charge in [0.15, 0.2) is 11.4 Å². The standard InChI is InChI=1S/C17H11F3N4O2/c18-17(19,20)26-12-5-3-11(4-6-12)8-24-10-23-15-14(13-2-1-7-25-13)21-9-22-16(15)24/h1-7,9-10H,8H2. The van der Waals surface area contributed by atoms with Gasteiger partial charge in [-0.15, -0.1) is 13.2 Å². The molecular formula is C17H11F3N4O2. The summed E-state index contributed by atoms with van der Waals surface area (Å²) >= 11 is 0. The summed E-state index contributed by atoms with van der Waals surface area (Å²) in [4.78, 5) is 12.8. The van der Waals surface area contributed by atoms with Gasteiger partial charge in [-0.3, -0.25) is 0 Å². The van der Waals surface area contributed by atoms with E-state index in [1.54, 1.807) is 41.4 Å². The van der Waals surface area contributed by atoms with E-state index in [0.717, 1.165) is 5.56 Å². The van der Waals surface area contributed by atoms with Crippen LogP contribution in [0.3, 0.4) is 0 Å². The van der Waals surface area contributed by atoms with Crippen molar-refractivity contribution in [2.75, 3.05) is 0 Å². The van der Waals surface area contributed by atoms with Crippen molar-refractivity contribution in [1.29, 1.82) is 0 Å². The van der Waals surface area contributed by atoms with E-state index < -0.39 is 6.36 Å². The predicted molar refractivity (Wildman–Crippen MR) is 85.3 cm³/mol. The molecule has 0 bridgehead atoms. The first-order chi connectivity index (χ1) is 12.5. The fourth-order valence-corrected chi connectivity index (χ4v) is 2.58. The molecule has 4 aromatic rings. The fraction of sp³-hybridized carbons (Fsp3) is 0.118. The van der Waals surface area contributed by atoms with E-state index in [1.165, 1.54) is 18.5 Å². The fourth-order valence-electron chi connectivity index (χ4n) is 2.58. The molecule has 0 N–H and O–H groups in total. The summed E-state index contributed by atoms with van der Waals surface area (Å²) in [6, 6.07) is 9.19. The number of nitrogens with zero attached hydrogens (tertiary/aromatic N) is 4. The molecule has 0 radical (unpaired) electrons. The number of imidazole rings is 1. The molecular weight excluding hydrogens is 349 g/mol. The van der Waals surface area contributed by atoms with Gasteiger partial charge >= 0.3 is 6.36 Å². The molecule has 0 unspecified atom stereocenters. The average Bonchev–Trinajstić information content (AvgIpc) is 3.25. The van der Waals surface area contributed by atoms with E-state index in [0.29, 0.717) is 29.2 Å². The topological polar surface area (TPSA) is 66.0 Å². The molecule has 3 aromatic heterocycles. The van der Waals surface area contributed by atoms with Crippen LogP contribution in [0, 0.1) is 0 Å². The highest BCUT2D eigenvalue weighted by molar-refractivity contribution is 5.85. The second-order valence-corrected chi connectivity index (χ2v) is 5.44. The van der Waals surface area contributed by atoms with Crippen molar-refractivity contribution in [1.82, 2.24) is 19.5 Å². The minimum atomic E-state index is -4.71. The normalized spacial score (nSPS) is 11.8. The van der Waals surface area contributed by atoms with Crippen LogP contribution in [-0.4, -0.2) is 25.9 Å². The van der Waals surface area contributed by atoms with Crippen LogP contribution in [0.4, 0.5) is 13.2 Å². The van der Waals surface area contributed by atoms with E-state index in [1.807, 2.05) is 0 Å². The Labute approximate surface area is 144 Å². The highest BCUT2D eigenvalue weighted by Crippen LogP contribution is 2.26. The number of alkyl halides is 3. The van der Waals surface area contributed by atoms with Crippen molar-refractivity contribution in [2.24, 2.45) is 0 Å². The van der Waals surface area contributed by atoms with Crippen LogP contribution in [-0.2, 0) is 6.54 Å². The number of rotatable bonds is 4. The van der Waals surface area contributed by atoms with Crippen LogP contribution in [0.2, 0.25) is 0 Å². The molecule has 0 spiro atoms. The van der Waals surface area contributed by atoms with Gasteiger partial charge in [0.2, 0.25) is 0 Å². The molecule has 0 amide bonds. The SMILES string of the molecule is FC(F)(F)Oc1ccc(Cn2cnc3c(-c4ccco4)ncnc32)cc1. The van der Waals surface area contributed by atoms with Crippen molar-refractivity contribution in [3.05, 3.63) is 60.9 Å². The highest BCUT2D eigenvalue weighted by atomic mass is 19.4. The first-order valence-corrected chi connectivity index (χ1v) is 7.54. The maximum atomic E-state index is 12.2. The largest absolute Gasteiger partial charge is 0.573 e. The van der Waals surface area contributed by atoms with Crippen molar-refractivity contribution in [2.45, 2.75) is 12.9 Å². The van der Waals surface area contributed by atoms with E-state index in [2.05, 4.69) is 19.7 Å². The van der Waals surface area contributed by atoms with Gasteiger partial charge in [0.05, 0.1) is 19.1 Å². The third kappa shape index (κ3) is 3.23. The van der Waals surface area contributed by atoms with E-state index in [-0.39, 0.29) is 5.75 Å². The summed E-state index contributed by atoms with van der Waals surface area (Å²) in [5.74, 6) is 0.315. The zero-order valence-corrected chi connectivity index (χ0v) is 13.1. The Balaban J connectivity index is 1.61. The summed E-state index contributed by atoms with van der Waals surface area (Å²) in [5.41, 5.74) is 2.53. The summed E-state index contributed by atoms with van der Waals surface area (Å²) < 4.78 is 47.7. The first-order valence-electron chi connectivity index (χ1n) is 7.54. The molecule has 9 heteroatoms. The summed E-state index contributed by atoms with van der Waals surface area (Å²) in [7, 11) is 0. The Hall–Kier alpha value is -3.36. The zero-order valence-electron chi connectivity index (χ0n) is 13.1. The Morgan fingerprint density at radius 2 is 1.85 bits per heavy atom. The Kier molecular flexibility index (Phi) is 3.83. The quantitative estimate of drug-likeness (QED) is 0.550. The lowest BCUT2D eigenvalue weighted by Crippen LogP contribution is -2.17. The lowest BCUT2D eigenvalue weighted by atomic mass is 10.2. The van der Waals surface area contributed by atoms with Gasteiger partial charge in [0.1, 0.15) is 23.3 Å². The molecule has 0 aliphatic heterocycles. The minimum Gasteiger partial charge on any atom is -0.463 e. The lowest BCUT2D eigenvalue weighted by molar-refractivity contribution is -0.274. The van der Waals surface area contributed by atoms with E-state index in [4.69, 9.17) is 4.42 Å². The van der Waals surface area contributed by atoms with Gasteiger partial charge in [-0.1, -0.05) is 12.1 Å². The van der Waals surface area contributed by atoms with Crippen LogP contribution >= 0.6 is 0 Å². The van der Waals surface area contributed by atoms with Gasteiger partial charge in [-0.05, 0) is 29.8 Å². The number of ether oxygens (including phenoxy) is 1. The second-order valence-electron chi connectivity index (χ2n) is 5.44.